The Bertz CT molecular complexity index is 964. The van der Waals surface area contributed by atoms with Crippen molar-refractivity contribution in [3.8, 4) is 5.75 Å². The Morgan fingerprint density at radius 2 is 1.71 bits per heavy atom. The lowest BCUT2D eigenvalue weighted by atomic mass is 10.2. The summed E-state index contributed by atoms with van der Waals surface area (Å²) in [7, 11) is 0. The maximum atomic E-state index is 12.3. The molecule has 0 aliphatic carbocycles. The van der Waals surface area contributed by atoms with E-state index in [4.69, 9.17) is 28.6 Å². The maximum Gasteiger partial charge on any atom is 0.258 e. The molecule has 4 nitrogen and oxygen atoms in total. The molecule has 0 unspecified atom stereocenters. The summed E-state index contributed by atoms with van der Waals surface area (Å²) in [5.41, 5.74) is 2.31. The van der Waals surface area contributed by atoms with Crippen LogP contribution in [-0.4, -0.2) is 17.6 Å². The second-order valence-corrected chi connectivity index (χ2v) is 6.82. The lowest BCUT2D eigenvalue weighted by molar-refractivity contribution is 0.0978. The zero-order chi connectivity index (χ0) is 19.8. The Labute approximate surface area is 174 Å². The van der Waals surface area contributed by atoms with Crippen LogP contribution in [-0.2, 0) is 6.42 Å². The molecule has 2 N–H and O–H groups in total. The maximum absolute atomic E-state index is 12.3. The first kappa shape index (κ1) is 19.9. The third-order valence-electron chi connectivity index (χ3n) is 3.94. The summed E-state index contributed by atoms with van der Waals surface area (Å²) in [4.78, 5) is 12.3. The average molecular weight is 411 g/mol. The van der Waals surface area contributed by atoms with E-state index in [1.54, 1.807) is 24.3 Å². The summed E-state index contributed by atoms with van der Waals surface area (Å²) >= 11 is 11.3. The van der Waals surface area contributed by atoms with Gasteiger partial charge >= 0.3 is 0 Å². The molecular weight excluding hydrogens is 392 g/mol. The molecule has 0 fully saturated rings. The molecule has 0 aliphatic rings. The molecule has 28 heavy (non-hydrogen) atoms. The molecular formula is C22H19ClN2O2S. The Hall–Kier alpha value is -2.89. The number of amides is 1. The van der Waals surface area contributed by atoms with Crippen molar-refractivity contribution >= 4 is 40.5 Å². The van der Waals surface area contributed by atoms with Gasteiger partial charge < -0.3 is 10.1 Å². The first-order valence-electron chi connectivity index (χ1n) is 8.75. The topological polar surface area (TPSA) is 50.4 Å². The van der Waals surface area contributed by atoms with Crippen molar-refractivity contribution in [1.29, 1.82) is 0 Å². The number of carbonyl (C=O) groups is 1. The number of thiocarbonyl (C=S) groups is 1. The molecule has 3 aromatic carbocycles. The smallest absolute Gasteiger partial charge is 0.258 e. The Kier molecular flexibility index (Phi) is 7.00. The van der Waals surface area contributed by atoms with Gasteiger partial charge in [0.25, 0.3) is 5.91 Å². The van der Waals surface area contributed by atoms with E-state index >= 15 is 0 Å². The molecule has 0 bridgehead atoms. The van der Waals surface area contributed by atoms with Gasteiger partial charge in [-0.3, -0.25) is 10.1 Å². The summed E-state index contributed by atoms with van der Waals surface area (Å²) in [6, 6.07) is 24.4. The first-order valence-corrected chi connectivity index (χ1v) is 9.54. The molecule has 6 heteroatoms. The van der Waals surface area contributed by atoms with E-state index in [-0.39, 0.29) is 11.0 Å². The van der Waals surface area contributed by atoms with Gasteiger partial charge in [-0.1, -0.05) is 60.1 Å². The average Bonchev–Trinajstić information content (AvgIpc) is 2.69. The fourth-order valence-electron chi connectivity index (χ4n) is 2.57. The minimum Gasteiger partial charge on any atom is -0.493 e. The predicted molar refractivity (Wildman–Crippen MR) is 117 cm³/mol. The van der Waals surface area contributed by atoms with Gasteiger partial charge in [-0.25, -0.2) is 0 Å². The normalized spacial score (nSPS) is 10.2. The highest BCUT2D eigenvalue weighted by Gasteiger charge is 2.11. The van der Waals surface area contributed by atoms with Crippen LogP contribution in [0.2, 0.25) is 5.02 Å². The van der Waals surface area contributed by atoms with E-state index in [9.17, 15) is 4.79 Å². The van der Waals surface area contributed by atoms with Crippen LogP contribution in [0.15, 0.2) is 78.9 Å². The van der Waals surface area contributed by atoms with E-state index < -0.39 is 0 Å². The molecule has 0 atom stereocenters. The van der Waals surface area contributed by atoms with Crippen LogP contribution >= 0.6 is 23.8 Å². The fraction of sp³-hybridized carbons (Fsp3) is 0.0909. The highest BCUT2D eigenvalue weighted by atomic mass is 35.5. The van der Waals surface area contributed by atoms with Gasteiger partial charge in [-0.2, -0.15) is 0 Å². The molecule has 3 aromatic rings. The fourth-order valence-corrected chi connectivity index (χ4v) is 3.01. The van der Waals surface area contributed by atoms with Crippen LogP contribution < -0.4 is 15.4 Å². The minimum atomic E-state index is -0.363. The van der Waals surface area contributed by atoms with Gasteiger partial charge in [0, 0.05) is 18.2 Å². The predicted octanol–water partition coefficient (Wildman–Crippen LogP) is 5.09. The number of nitrogens with one attached hydrogen (secondary N) is 2. The number of carbonyl (C=O) groups excluding carboxylic acids is 1. The van der Waals surface area contributed by atoms with Gasteiger partial charge in [0.15, 0.2) is 5.11 Å². The number of ether oxygens (including phenoxy) is 1. The molecule has 0 heterocycles. The van der Waals surface area contributed by atoms with Crippen molar-refractivity contribution in [2.24, 2.45) is 0 Å². The van der Waals surface area contributed by atoms with Crippen molar-refractivity contribution < 1.29 is 9.53 Å². The second kappa shape index (κ2) is 9.88. The number of hydrogen-bond donors (Lipinski definition) is 2. The number of benzene rings is 3. The molecule has 0 aromatic heterocycles. The Balaban J connectivity index is 1.53. The van der Waals surface area contributed by atoms with Gasteiger partial charge in [-0.15, -0.1) is 0 Å². The third kappa shape index (κ3) is 5.81. The van der Waals surface area contributed by atoms with E-state index in [1.165, 1.54) is 5.56 Å². The van der Waals surface area contributed by atoms with Crippen LogP contribution in [0.3, 0.4) is 0 Å². The van der Waals surface area contributed by atoms with Crippen LogP contribution in [0.5, 0.6) is 5.75 Å². The summed E-state index contributed by atoms with van der Waals surface area (Å²) < 4.78 is 5.81. The monoisotopic (exact) mass is 410 g/mol. The van der Waals surface area contributed by atoms with Gasteiger partial charge in [-0.05, 0) is 42.0 Å². The van der Waals surface area contributed by atoms with Gasteiger partial charge in [0.05, 0.1) is 17.2 Å². The molecule has 0 saturated carbocycles. The second-order valence-electron chi connectivity index (χ2n) is 6.00. The number of halogens is 1. The van der Waals surface area contributed by atoms with Gasteiger partial charge in [0.1, 0.15) is 5.75 Å². The van der Waals surface area contributed by atoms with Crippen LogP contribution in [0, 0.1) is 0 Å². The Morgan fingerprint density at radius 3 is 2.50 bits per heavy atom. The summed E-state index contributed by atoms with van der Waals surface area (Å²) in [6.45, 7) is 0.571. The zero-order valence-electron chi connectivity index (χ0n) is 15.0. The molecule has 0 radical (unpaired) electrons. The van der Waals surface area contributed by atoms with Crippen molar-refractivity contribution in [2.45, 2.75) is 6.42 Å². The first-order chi connectivity index (χ1) is 13.6. The van der Waals surface area contributed by atoms with Crippen molar-refractivity contribution in [3.63, 3.8) is 0 Å². The number of hydrogen-bond acceptors (Lipinski definition) is 3. The zero-order valence-corrected chi connectivity index (χ0v) is 16.6. The van der Waals surface area contributed by atoms with E-state index in [2.05, 4.69) is 22.8 Å². The van der Waals surface area contributed by atoms with Crippen LogP contribution in [0.25, 0.3) is 0 Å². The summed E-state index contributed by atoms with van der Waals surface area (Å²) in [6.07, 6.45) is 0.824. The van der Waals surface area contributed by atoms with Crippen LogP contribution in [0.1, 0.15) is 15.9 Å². The van der Waals surface area contributed by atoms with E-state index in [1.807, 2.05) is 42.5 Å². The summed E-state index contributed by atoms with van der Waals surface area (Å²) in [5, 5.41) is 6.17. The molecule has 1 amide bonds. The molecule has 142 valence electrons. The quantitative estimate of drug-likeness (QED) is 0.556. The van der Waals surface area contributed by atoms with Crippen molar-refractivity contribution in [1.82, 2.24) is 5.32 Å². The minimum absolute atomic E-state index is 0.186. The lowest BCUT2D eigenvalue weighted by Gasteiger charge is -2.12. The highest BCUT2D eigenvalue weighted by molar-refractivity contribution is 7.80. The molecule has 0 saturated heterocycles. The largest absolute Gasteiger partial charge is 0.493 e. The number of rotatable bonds is 6. The Morgan fingerprint density at radius 1 is 0.964 bits per heavy atom. The lowest BCUT2D eigenvalue weighted by Crippen LogP contribution is -2.34. The van der Waals surface area contributed by atoms with Crippen molar-refractivity contribution in [2.75, 3.05) is 11.9 Å². The summed E-state index contributed by atoms with van der Waals surface area (Å²) in [5.74, 6) is 0.361. The van der Waals surface area contributed by atoms with E-state index in [0.717, 1.165) is 17.9 Å². The number of anilines is 1. The molecule has 0 spiro atoms. The van der Waals surface area contributed by atoms with E-state index in [0.29, 0.717) is 17.2 Å². The SMILES string of the molecule is O=C(NC(=S)Nc1cccc(OCCc2ccccc2)c1)c1ccccc1Cl. The third-order valence-corrected chi connectivity index (χ3v) is 4.47. The molecule has 0 aliphatic heterocycles. The molecule has 3 rings (SSSR count). The van der Waals surface area contributed by atoms with Crippen molar-refractivity contribution in [3.05, 3.63) is 95.0 Å². The van der Waals surface area contributed by atoms with Crippen LogP contribution in [0.4, 0.5) is 5.69 Å². The standard InChI is InChI=1S/C22H19ClN2O2S/c23-20-12-5-4-11-19(20)21(26)25-22(28)24-17-9-6-10-18(15-17)27-14-13-16-7-2-1-3-8-16/h1-12,15H,13-14H2,(H2,24,25,26,28). The highest BCUT2D eigenvalue weighted by Crippen LogP contribution is 2.18. The van der Waals surface area contributed by atoms with Gasteiger partial charge in [0.2, 0.25) is 0 Å².